The second kappa shape index (κ2) is 6.32. The van der Waals surface area contributed by atoms with Gasteiger partial charge in [0.1, 0.15) is 17.3 Å². The number of amides is 1. The molecule has 6 heteroatoms. The largest absolute Gasteiger partial charge is 0.372 e. The molecule has 0 unspecified atom stereocenters. The molecule has 23 heavy (non-hydrogen) atoms. The Bertz CT molecular complexity index is 605. The molecule has 1 aromatic heterocycles. The highest BCUT2D eigenvalue weighted by molar-refractivity contribution is 5.92. The van der Waals surface area contributed by atoms with Crippen molar-refractivity contribution in [3.63, 3.8) is 0 Å². The van der Waals surface area contributed by atoms with Gasteiger partial charge in [0.15, 0.2) is 0 Å². The fourth-order valence-corrected chi connectivity index (χ4v) is 3.67. The predicted molar refractivity (Wildman–Crippen MR) is 84.8 cm³/mol. The number of piperidine rings is 1. The van der Waals surface area contributed by atoms with Crippen LogP contribution in [0.5, 0.6) is 0 Å². The van der Waals surface area contributed by atoms with Gasteiger partial charge in [0.25, 0.3) is 5.91 Å². The minimum absolute atomic E-state index is 0.163. The van der Waals surface area contributed by atoms with Gasteiger partial charge in [-0.05, 0) is 46.0 Å². The first-order chi connectivity index (χ1) is 11.1. The minimum atomic E-state index is -0.520. The highest BCUT2D eigenvalue weighted by Crippen LogP contribution is 2.38. The number of likely N-dealkylation sites (tertiary alicyclic amines) is 1. The molecule has 6 nitrogen and oxygen atoms in total. The third-order valence-electron chi connectivity index (χ3n) is 4.99. The number of ether oxygens (including phenoxy) is 1. The molecule has 2 fully saturated rings. The van der Waals surface area contributed by atoms with Crippen LogP contribution in [0.3, 0.4) is 0 Å². The lowest BCUT2D eigenvalue weighted by atomic mass is 9.79. The summed E-state index contributed by atoms with van der Waals surface area (Å²) in [6.07, 6.45) is 8.12. The number of hydrogen-bond donors (Lipinski definition) is 0. The molecule has 0 radical (unpaired) electrons. The molecule has 0 saturated carbocycles. The van der Waals surface area contributed by atoms with Crippen LogP contribution in [-0.2, 0) is 4.74 Å². The molecule has 2 aliphatic rings. The van der Waals surface area contributed by atoms with E-state index in [9.17, 15) is 10.1 Å². The lowest BCUT2D eigenvalue weighted by molar-refractivity contribution is -0.128. The summed E-state index contributed by atoms with van der Waals surface area (Å²) in [7, 11) is 0. The van der Waals surface area contributed by atoms with Crippen molar-refractivity contribution in [3.05, 3.63) is 18.2 Å². The first kappa shape index (κ1) is 16.0. The fraction of sp³-hybridized carbons (Fsp3) is 0.706. The van der Waals surface area contributed by atoms with Gasteiger partial charge in [0, 0.05) is 25.4 Å². The van der Waals surface area contributed by atoms with Crippen molar-refractivity contribution in [3.8, 4) is 6.07 Å². The van der Waals surface area contributed by atoms with Crippen LogP contribution < -0.4 is 0 Å². The summed E-state index contributed by atoms with van der Waals surface area (Å²) in [5, 5.41) is 9.72. The number of rotatable bonds is 2. The Hall–Kier alpha value is -1.87. The van der Waals surface area contributed by atoms with Crippen LogP contribution in [0.2, 0.25) is 0 Å². The topological polar surface area (TPSA) is 71.2 Å². The summed E-state index contributed by atoms with van der Waals surface area (Å²) in [5.41, 5.74) is -0.0755. The third-order valence-corrected chi connectivity index (χ3v) is 4.99. The Labute approximate surface area is 137 Å². The molecule has 124 valence electrons. The number of nitriles is 1. The summed E-state index contributed by atoms with van der Waals surface area (Å²) in [5.74, 6) is -0.163. The first-order valence-electron chi connectivity index (χ1n) is 8.45. The molecule has 2 saturated heterocycles. The predicted octanol–water partition coefficient (Wildman–Crippen LogP) is 2.53. The van der Waals surface area contributed by atoms with Crippen molar-refractivity contribution in [2.45, 2.75) is 63.6 Å². The van der Waals surface area contributed by atoms with Crippen LogP contribution in [0.25, 0.3) is 0 Å². The Morgan fingerprint density at radius 1 is 1.43 bits per heavy atom. The SMILES string of the molecule is CC(C)n1cnc(C(=O)N2CCC[C@@]3(CCCCO3)[C@@H]2C#N)c1. The number of imidazole rings is 1. The monoisotopic (exact) mass is 316 g/mol. The van der Waals surface area contributed by atoms with Crippen molar-refractivity contribution in [1.29, 1.82) is 5.26 Å². The molecule has 1 aromatic rings. The van der Waals surface area contributed by atoms with E-state index >= 15 is 0 Å². The summed E-state index contributed by atoms with van der Waals surface area (Å²) < 4.78 is 7.94. The van der Waals surface area contributed by atoms with Gasteiger partial charge in [0.05, 0.1) is 12.4 Å². The summed E-state index contributed by atoms with van der Waals surface area (Å²) >= 11 is 0. The maximum absolute atomic E-state index is 12.9. The lowest BCUT2D eigenvalue weighted by Crippen LogP contribution is -2.60. The van der Waals surface area contributed by atoms with Crippen LogP contribution in [0.1, 0.15) is 62.5 Å². The van der Waals surface area contributed by atoms with E-state index < -0.39 is 11.6 Å². The van der Waals surface area contributed by atoms with Gasteiger partial charge >= 0.3 is 0 Å². The van der Waals surface area contributed by atoms with Crippen molar-refractivity contribution in [2.75, 3.05) is 13.2 Å². The number of carbonyl (C=O) groups is 1. The van der Waals surface area contributed by atoms with Crippen LogP contribution in [-0.4, -0.2) is 45.2 Å². The molecular formula is C17H24N4O2. The van der Waals surface area contributed by atoms with Crippen LogP contribution in [0.15, 0.2) is 12.5 Å². The summed E-state index contributed by atoms with van der Waals surface area (Å²) in [4.78, 5) is 18.8. The fourth-order valence-electron chi connectivity index (χ4n) is 3.67. The molecule has 0 aromatic carbocycles. The van der Waals surface area contributed by atoms with E-state index in [1.165, 1.54) is 0 Å². The number of carbonyl (C=O) groups excluding carboxylic acids is 1. The van der Waals surface area contributed by atoms with Crippen LogP contribution in [0.4, 0.5) is 0 Å². The van der Waals surface area contributed by atoms with Gasteiger partial charge in [-0.2, -0.15) is 5.26 Å². The first-order valence-corrected chi connectivity index (χ1v) is 8.45. The Morgan fingerprint density at radius 3 is 2.83 bits per heavy atom. The molecule has 0 N–H and O–H groups in total. The van der Waals surface area contributed by atoms with Gasteiger partial charge in [-0.3, -0.25) is 4.79 Å². The molecule has 0 bridgehead atoms. The third kappa shape index (κ3) is 2.86. The molecular weight excluding hydrogens is 292 g/mol. The van der Waals surface area contributed by atoms with Crippen molar-refractivity contribution in [1.82, 2.24) is 14.5 Å². The zero-order valence-electron chi connectivity index (χ0n) is 13.9. The number of hydrogen-bond acceptors (Lipinski definition) is 4. The van der Waals surface area contributed by atoms with Gasteiger partial charge in [0.2, 0.25) is 0 Å². The average molecular weight is 316 g/mol. The maximum atomic E-state index is 12.9. The van der Waals surface area contributed by atoms with Gasteiger partial charge in [-0.25, -0.2) is 4.98 Å². The van der Waals surface area contributed by atoms with Gasteiger partial charge in [-0.15, -0.1) is 0 Å². The molecule has 2 aliphatic heterocycles. The highest BCUT2D eigenvalue weighted by atomic mass is 16.5. The van der Waals surface area contributed by atoms with E-state index in [1.54, 1.807) is 17.4 Å². The molecule has 3 rings (SSSR count). The maximum Gasteiger partial charge on any atom is 0.275 e. The second-order valence-corrected chi connectivity index (χ2v) is 6.80. The van der Waals surface area contributed by atoms with Crippen molar-refractivity contribution < 1.29 is 9.53 Å². The van der Waals surface area contributed by atoms with Crippen LogP contribution >= 0.6 is 0 Å². The molecule has 2 atom stereocenters. The van der Waals surface area contributed by atoms with Crippen molar-refractivity contribution >= 4 is 5.91 Å². The molecule has 3 heterocycles. The smallest absolute Gasteiger partial charge is 0.275 e. The van der Waals surface area contributed by atoms with E-state index in [1.807, 2.05) is 18.4 Å². The van der Waals surface area contributed by atoms with E-state index in [0.717, 1.165) is 32.1 Å². The van der Waals surface area contributed by atoms with E-state index in [0.29, 0.717) is 18.8 Å². The Balaban J connectivity index is 1.85. The average Bonchev–Trinajstić information content (AvgIpc) is 3.05. The quantitative estimate of drug-likeness (QED) is 0.840. The number of aromatic nitrogens is 2. The number of nitrogens with zero attached hydrogens (tertiary/aromatic N) is 4. The molecule has 1 amide bonds. The van der Waals surface area contributed by atoms with E-state index in [2.05, 4.69) is 11.1 Å². The second-order valence-electron chi connectivity index (χ2n) is 6.80. The van der Waals surface area contributed by atoms with Crippen molar-refractivity contribution in [2.24, 2.45) is 0 Å². The Morgan fingerprint density at radius 2 is 2.22 bits per heavy atom. The van der Waals surface area contributed by atoms with E-state index in [4.69, 9.17) is 4.74 Å². The van der Waals surface area contributed by atoms with E-state index in [-0.39, 0.29) is 11.9 Å². The van der Waals surface area contributed by atoms with Gasteiger partial charge < -0.3 is 14.2 Å². The summed E-state index contributed by atoms with van der Waals surface area (Å²) in [6, 6.07) is 2.07. The zero-order chi connectivity index (χ0) is 16.4. The van der Waals surface area contributed by atoms with Gasteiger partial charge in [-0.1, -0.05) is 0 Å². The normalized spacial score (nSPS) is 28.1. The molecule has 1 spiro atoms. The minimum Gasteiger partial charge on any atom is -0.372 e. The zero-order valence-corrected chi connectivity index (χ0v) is 13.9. The standard InChI is InChI=1S/C17H24N4O2/c1-13(2)20-11-14(19-12-20)16(22)21-8-5-7-17(15(21)10-18)6-3-4-9-23-17/h11-13,15H,3-9H2,1-2H3/t15-,17-/m0/s1. The highest BCUT2D eigenvalue weighted by Gasteiger charge is 2.48. The Kier molecular flexibility index (Phi) is 4.40. The summed E-state index contributed by atoms with van der Waals surface area (Å²) in [6.45, 7) is 5.36. The van der Waals surface area contributed by atoms with Crippen LogP contribution in [0, 0.1) is 11.3 Å². The lowest BCUT2D eigenvalue weighted by Gasteiger charge is -2.48. The molecule has 0 aliphatic carbocycles.